The molecule has 0 saturated carbocycles. The average Bonchev–Trinajstić information content (AvgIpc) is 2.89. The van der Waals surface area contributed by atoms with Gasteiger partial charge in [-0.2, -0.15) is 0 Å². The molecule has 1 aromatic rings. The molecule has 12 nitrogen and oxygen atoms in total. The number of Topliss-reactive ketones (excluding diaryl/α,β-unsaturated/α-hetero) is 1. The van der Waals surface area contributed by atoms with Crippen molar-refractivity contribution in [3.8, 4) is 0 Å². The zero-order valence-electron chi connectivity index (χ0n) is 23.6. The molecular weight excluding hydrogens is 524 g/mol. The minimum Gasteiger partial charge on any atom is -0.467 e. The van der Waals surface area contributed by atoms with E-state index in [1.165, 1.54) is 6.92 Å². The van der Waals surface area contributed by atoms with Gasteiger partial charge in [-0.05, 0) is 35.6 Å². The number of esters is 2. The first-order chi connectivity index (χ1) is 18.2. The lowest BCUT2D eigenvalue weighted by Crippen LogP contribution is -2.54. The maximum atomic E-state index is 13.5. The van der Waals surface area contributed by atoms with Gasteiger partial charge in [0.1, 0.15) is 18.4 Å². The second kappa shape index (κ2) is 13.6. The van der Waals surface area contributed by atoms with Crippen LogP contribution in [0.5, 0.6) is 0 Å². The summed E-state index contributed by atoms with van der Waals surface area (Å²) in [5.74, 6) is -2.22. The molecular formula is C26H38N4O8Si. The van der Waals surface area contributed by atoms with Crippen molar-refractivity contribution in [1.82, 2.24) is 4.90 Å². The minimum atomic E-state index is -2.46. The Hall–Kier alpha value is -3.41. The predicted octanol–water partition coefficient (Wildman–Crippen LogP) is 4.88. The number of methoxy groups -OCH3 is 1. The van der Waals surface area contributed by atoms with E-state index in [9.17, 15) is 19.2 Å². The van der Waals surface area contributed by atoms with Gasteiger partial charge in [0.05, 0.1) is 19.3 Å². The number of benzene rings is 1. The lowest BCUT2D eigenvalue weighted by Gasteiger charge is -2.41. The molecule has 0 aromatic heterocycles. The zero-order chi connectivity index (χ0) is 29.4. The number of nitrogens with zero attached hydrogens (tertiary/aromatic N) is 4. The Balaban J connectivity index is 2.60. The second-order valence-corrected chi connectivity index (χ2v) is 15.7. The quantitative estimate of drug-likeness (QED) is 0.114. The van der Waals surface area contributed by atoms with E-state index in [0.29, 0.717) is 5.56 Å². The maximum Gasteiger partial charge on any atom is 0.413 e. The van der Waals surface area contributed by atoms with Crippen LogP contribution in [0.1, 0.15) is 52.5 Å². The summed E-state index contributed by atoms with van der Waals surface area (Å²) < 4.78 is 22.5. The molecule has 0 aliphatic carbocycles. The molecule has 1 aliphatic heterocycles. The SMILES string of the molecule is COC(=O)[C@@H]1CC(=O)[C@H](N=[N+]=[N-])C[C@H](O[Si](C)(C)C(C)(C)C)CC(OC(C)=O)N1C(=O)OCc1ccccc1. The van der Waals surface area contributed by atoms with Gasteiger partial charge in [0.2, 0.25) is 0 Å². The Labute approximate surface area is 229 Å². The fourth-order valence-corrected chi connectivity index (χ4v) is 5.35. The molecule has 1 unspecified atom stereocenters. The second-order valence-electron chi connectivity index (χ2n) is 10.9. The highest BCUT2D eigenvalue weighted by molar-refractivity contribution is 6.74. The molecule has 1 saturated heterocycles. The summed E-state index contributed by atoms with van der Waals surface area (Å²) in [4.78, 5) is 55.7. The molecule has 2 rings (SSSR count). The molecule has 1 amide bonds. The Morgan fingerprint density at radius 1 is 1.15 bits per heavy atom. The first-order valence-corrected chi connectivity index (χ1v) is 15.6. The molecule has 0 radical (unpaired) electrons. The van der Waals surface area contributed by atoms with Gasteiger partial charge in [-0.15, -0.1) is 0 Å². The highest BCUT2D eigenvalue weighted by Gasteiger charge is 2.46. The van der Waals surface area contributed by atoms with Gasteiger partial charge in [-0.25, -0.2) is 9.59 Å². The molecule has 0 N–H and O–H groups in total. The van der Waals surface area contributed by atoms with E-state index in [0.717, 1.165) is 12.0 Å². The van der Waals surface area contributed by atoms with Crippen molar-refractivity contribution in [3.05, 3.63) is 46.3 Å². The zero-order valence-corrected chi connectivity index (χ0v) is 24.6. The number of rotatable bonds is 7. The number of hydrogen-bond acceptors (Lipinski definition) is 9. The number of hydrogen-bond donors (Lipinski definition) is 0. The fourth-order valence-electron chi connectivity index (χ4n) is 3.97. The molecule has 1 heterocycles. The third-order valence-electron chi connectivity index (χ3n) is 7.01. The number of ketones is 1. The first-order valence-electron chi connectivity index (χ1n) is 12.7. The molecule has 1 aliphatic rings. The van der Waals surface area contributed by atoms with Crippen molar-refractivity contribution in [2.24, 2.45) is 5.11 Å². The van der Waals surface area contributed by atoms with Crippen molar-refractivity contribution in [2.75, 3.05) is 7.11 Å². The van der Waals surface area contributed by atoms with Gasteiger partial charge in [-0.3, -0.25) is 14.5 Å². The van der Waals surface area contributed by atoms with E-state index >= 15 is 0 Å². The van der Waals surface area contributed by atoms with Crippen molar-refractivity contribution in [3.63, 3.8) is 0 Å². The van der Waals surface area contributed by atoms with Crippen LogP contribution in [-0.4, -0.2) is 68.6 Å². The van der Waals surface area contributed by atoms with Crippen molar-refractivity contribution >= 4 is 32.1 Å². The van der Waals surface area contributed by atoms with Crippen LogP contribution in [0.25, 0.3) is 10.4 Å². The Kier molecular flexibility index (Phi) is 11.1. The lowest BCUT2D eigenvalue weighted by molar-refractivity contribution is -0.167. The van der Waals surface area contributed by atoms with Crippen molar-refractivity contribution in [2.45, 2.75) is 96.1 Å². The van der Waals surface area contributed by atoms with Crippen molar-refractivity contribution in [1.29, 1.82) is 0 Å². The predicted molar refractivity (Wildman–Crippen MR) is 144 cm³/mol. The maximum absolute atomic E-state index is 13.5. The average molecular weight is 563 g/mol. The molecule has 1 aromatic carbocycles. The van der Waals surface area contributed by atoms with Crippen LogP contribution >= 0.6 is 0 Å². The monoisotopic (exact) mass is 562 g/mol. The summed E-state index contributed by atoms with van der Waals surface area (Å²) in [5.41, 5.74) is 9.84. The molecule has 0 bridgehead atoms. The number of carbonyl (C=O) groups excluding carboxylic acids is 4. The van der Waals surface area contributed by atoms with Crippen LogP contribution in [0, 0.1) is 0 Å². The lowest BCUT2D eigenvalue weighted by atomic mass is 10.0. The van der Waals surface area contributed by atoms with E-state index < -0.39 is 63.0 Å². The van der Waals surface area contributed by atoms with E-state index in [4.69, 9.17) is 24.2 Å². The number of ether oxygens (including phenoxy) is 3. The largest absolute Gasteiger partial charge is 0.467 e. The minimum absolute atomic E-state index is 0.0199. The van der Waals surface area contributed by atoms with Gasteiger partial charge < -0.3 is 18.6 Å². The van der Waals surface area contributed by atoms with E-state index in [2.05, 4.69) is 10.0 Å². The van der Waals surface area contributed by atoms with Gasteiger partial charge >= 0.3 is 18.0 Å². The highest BCUT2D eigenvalue weighted by atomic mass is 28.4. The summed E-state index contributed by atoms with van der Waals surface area (Å²) in [6, 6.07) is 6.20. The van der Waals surface area contributed by atoms with Gasteiger partial charge in [0, 0.05) is 24.7 Å². The number of azide groups is 1. The Morgan fingerprint density at radius 2 is 1.79 bits per heavy atom. The van der Waals surface area contributed by atoms with Gasteiger partial charge in [0.15, 0.2) is 14.5 Å². The molecule has 214 valence electrons. The smallest absolute Gasteiger partial charge is 0.413 e. The molecule has 4 atom stereocenters. The molecule has 0 spiro atoms. The van der Waals surface area contributed by atoms with Crippen LogP contribution < -0.4 is 0 Å². The van der Waals surface area contributed by atoms with E-state index in [1.807, 2.05) is 39.9 Å². The van der Waals surface area contributed by atoms with Crippen LogP contribution in [0.2, 0.25) is 18.1 Å². The molecule has 1 fully saturated rings. The number of amides is 1. The molecule has 13 heteroatoms. The van der Waals surface area contributed by atoms with Crippen LogP contribution in [-0.2, 0) is 39.6 Å². The fraction of sp³-hybridized carbons (Fsp3) is 0.615. The first kappa shape index (κ1) is 31.8. The topological polar surface area (TPSA) is 157 Å². The summed E-state index contributed by atoms with van der Waals surface area (Å²) in [7, 11) is -1.35. The van der Waals surface area contributed by atoms with Crippen LogP contribution in [0.3, 0.4) is 0 Å². The summed E-state index contributed by atoms with van der Waals surface area (Å²) in [6.45, 7) is 11.2. The standard InChI is InChI=1S/C26H38N4O8Si/c1-17(31)37-23-14-19(38-39(6,7)26(2,3)4)13-20(28-29-27)22(32)15-21(24(33)35-5)30(23)25(34)36-16-18-11-9-8-10-12-18/h8-12,19-21,23H,13-16H2,1-7H3/t19-,20+,21-,23?/m0/s1. The summed E-state index contributed by atoms with van der Waals surface area (Å²) in [6.07, 6.45) is -3.72. The van der Waals surface area contributed by atoms with Crippen molar-refractivity contribution < 1.29 is 37.8 Å². The van der Waals surface area contributed by atoms with Gasteiger partial charge in [0.25, 0.3) is 0 Å². The Morgan fingerprint density at radius 3 is 2.33 bits per heavy atom. The van der Waals surface area contributed by atoms with Gasteiger partial charge in [-0.1, -0.05) is 56.2 Å². The number of carbonyl (C=O) groups is 4. The van der Waals surface area contributed by atoms with Crippen LogP contribution in [0.15, 0.2) is 35.4 Å². The third kappa shape index (κ3) is 8.80. The Bertz CT molecular complexity index is 1090. The highest BCUT2D eigenvalue weighted by Crippen LogP contribution is 2.39. The third-order valence-corrected chi connectivity index (χ3v) is 11.5. The molecule has 39 heavy (non-hydrogen) atoms. The normalized spacial score (nSPS) is 22.4. The summed E-state index contributed by atoms with van der Waals surface area (Å²) in [5, 5.41) is 3.45. The van der Waals surface area contributed by atoms with E-state index in [1.54, 1.807) is 24.3 Å². The summed E-state index contributed by atoms with van der Waals surface area (Å²) >= 11 is 0. The van der Waals surface area contributed by atoms with Crippen LogP contribution in [0.4, 0.5) is 4.79 Å². The van der Waals surface area contributed by atoms with E-state index in [-0.39, 0.29) is 24.5 Å².